The van der Waals surface area contributed by atoms with Crippen LogP contribution in [0.1, 0.15) is 29.5 Å². The molecule has 0 aliphatic carbocycles. The molecule has 0 radical (unpaired) electrons. The van der Waals surface area contributed by atoms with Crippen LogP contribution in [0.4, 0.5) is 13.2 Å². The molecule has 3 aromatic rings. The van der Waals surface area contributed by atoms with Gasteiger partial charge in [0, 0.05) is 0 Å². The summed E-state index contributed by atoms with van der Waals surface area (Å²) in [6, 6.07) is 17.7. The van der Waals surface area contributed by atoms with Crippen LogP contribution in [0.15, 0.2) is 60.7 Å². The molecule has 36 heavy (non-hydrogen) atoms. The molecule has 0 heterocycles. The molecule has 11 heteroatoms. The summed E-state index contributed by atoms with van der Waals surface area (Å²) in [4.78, 5) is 17.7. The number of hydrogen-bond donors (Lipinski definition) is 4. The van der Waals surface area contributed by atoms with Crippen LogP contribution in [-0.4, -0.2) is 40.3 Å². The first kappa shape index (κ1) is 28.1. The molecule has 0 saturated heterocycles. The number of aliphatic hydroxyl groups excluding tert-OH is 1. The number of hydrogen-bond acceptors (Lipinski definition) is 5. The van der Waals surface area contributed by atoms with Crippen molar-refractivity contribution in [1.82, 2.24) is 0 Å². The first-order valence-corrected chi connectivity index (χ1v) is 12.8. The van der Waals surface area contributed by atoms with Crippen LogP contribution in [0.2, 0.25) is 0 Å². The van der Waals surface area contributed by atoms with Crippen LogP contribution in [0.3, 0.4) is 0 Å². The zero-order chi connectivity index (χ0) is 26.4. The molecule has 1 unspecified atom stereocenters. The Morgan fingerprint density at radius 1 is 0.917 bits per heavy atom. The molecule has 0 bridgehead atoms. The SMILES string of the molecule is NC(CO)(CCc1ccc(OCCCc2ccc3ccccc3c2)c(C(F)(F)F)c1)COP(=O)(O)O. The Labute approximate surface area is 206 Å². The van der Waals surface area contributed by atoms with Crippen LogP contribution in [-0.2, 0) is 28.1 Å². The number of ether oxygens (including phenoxy) is 1. The quantitative estimate of drug-likeness (QED) is 0.201. The summed E-state index contributed by atoms with van der Waals surface area (Å²) < 4.78 is 61.8. The van der Waals surface area contributed by atoms with E-state index in [1.54, 1.807) is 0 Å². The van der Waals surface area contributed by atoms with E-state index < -0.39 is 38.3 Å². The molecule has 0 amide bonds. The van der Waals surface area contributed by atoms with Crippen LogP contribution in [0, 0.1) is 0 Å². The van der Waals surface area contributed by atoms with Gasteiger partial charge in [-0.3, -0.25) is 4.52 Å². The molecule has 3 rings (SSSR count). The van der Waals surface area contributed by atoms with Crippen molar-refractivity contribution in [2.45, 2.75) is 37.4 Å². The van der Waals surface area contributed by atoms with E-state index >= 15 is 0 Å². The van der Waals surface area contributed by atoms with Crippen molar-refractivity contribution in [3.05, 3.63) is 77.4 Å². The van der Waals surface area contributed by atoms with Gasteiger partial charge in [-0.15, -0.1) is 0 Å². The van der Waals surface area contributed by atoms with Gasteiger partial charge in [-0.05, 0) is 59.7 Å². The fraction of sp³-hybridized carbons (Fsp3) is 0.360. The minimum absolute atomic E-state index is 0.0207. The number of fused-ring (bicyclic) bond motifs is 1. The number of halogens is 3. The average Bonchev–Trinajstić information content (AvgIpc) is 2.83. The lowest BCUT2D eigenvalue weighted by atomic mass is 9.93. The molecule has 0 fully saturated rings. The first-order chi connectivity index (χ1) is 16.9. The van der Waals surface area contributed by atoms with E-state index in [-0.39, 0.29) is 30.8 Å². The molecule has 0 aliphatic heterocycles. The topological polar surface area (TPSA) is 122 Å². The van der Waals surface area contributed by atoms with Crippen molar-refractivity contribution < 1.29 is 41.9 Å². The lowest BCUT2D eigenvalue weighted by Crippen LogP contribution is -2.48. The molecule has 0 spiro atoms. The standard InChI is InChI=1S/C25H29F3NO6P/c26-25(27,28)22-15-19(11-12-24(29,16-30)17-35-36(31,32)33)8-10-23(22)34-13-3-4-18-7-9-20-5-1-2-6-21(20)14-18/h1-2,5-10,14-15,30H,3-4,11-13,16-17,29H2,(H2,31,32,33). The summed E-state index contributed by atoms with van der Waals surface area (Å²) in [6.07, 6.45) is -3.51. The summed E-state index contributed by atoms with van der Waals surface area (Å²) in [5.74, 6) is -0.282. The number of nitrogens with two attached hydrogens (primary N) is 1. The van der Waals surface area contributed by atoms with E-state index in [9.17, 15) is 22.8 Å². The number of benzene rings is 3. The third kappa shape index (κ3) is 8.30. The minimum atomic E-state index is -4.81. The fourth-order valence-corrected chi connectivity index (χ4v) is 4.16. The number of rotatable bonds is 12. The molecule has 5 N–H and O–H groups in total. The van der Waals surface area contributed by atoms with Gasteiger partial charge >= 0.3 is 14.0 Å². The molecular weight excluding hydrogens is 498 g/mol. The molecule has 7 nitrogen and oxygen atoms in total. The lowest BCUT2D eigenvalue weighted by molar-refractivity contribution is -0.139. The van der Waals surface area contributed by atoms with Crippen molar-refractivity contribution in [3.8, 4) is 5.75 Å². The van der Waals surface area contributed by atoms with Gasteiger partial charge in [-0.25, -0.2) is 4.57 Å². The summed E-state index contributed by atoms with van der Waals surface area (Å²) in [5.41, 5.74) is 4.80. The van der Waals surface area contributed by atoms with Gasteiger partial charge in [-0.1, -0.05) is 48.5 Å². The largest absolute Gasteiger partial charge is 0.493 e. The van der Waals surface area contributed by atoms with Crippen LogP contribution < -0.4 is 10.5 Å². The lowest BCUT2D eigenvalue weighted by Gasteiger charge is -2.27. The van der Waals surface area contributed by atoms with Crippen LogP contribution >= 0.6 is 7.82 Å². The molecule has 0 aliphatic rings. The van der Waals surface area contributed by atoms with E-state index in [0.29, 0.717) is 12.8 Å². The average molecular weight is 527 g/mol. The van der Waals surface area contributed by atoms with Crippen LogP contribution in [0.5, 0.6) is 5.75 Å². The van der Waals surface area contributed by atoms with Gasteiger partial charge in [-0.2, -0.15) is 13.2 Å². The number of phosphoric acid groups is 1. The van der Waals surface area contributed by atoms with Gasteiger partial charge in [0.2, 0.25) is 0 Å². The fourth-order valence-electron chi connectivity index (χ4n) is 3.74. The second-order valence-electron chi connectivity index (χ2n) is 8.75. The van der Waals surface area contributed by atoms with Crippen molar-refractivity contribution in [1.29, 1.82) is 0 Å². The highest BCUT2D eigenvalue weighted by atomic mass is 31.2. The summed E-state index contributed by atoms with van der Waals surface area (Å²) >= 11 is 0. The Kier molecular flexibility index (Phi) is 9.16. The third-order valence-corrected chi connectivity index (χ3v) is 6.24. The highest BCUT2D eigenvalue weighted by Gasteiger charge is 2.35. The van der Waals surface area contributed by atoms with Crippen molar-refractivity contribution in [3.63, 3.8) is 0 Å². The maximum Gasteiger partial charge on any atom is 0.469 e. The second-order valence-corrected chi connectivity index (χ2v) is 9.99. The normalized spacial score (nSPS) is 14.1. The summed E-state index contributed by atoms with van der Waals surface area (Å²) in [6.45, 7) is -1.22. The molecular formula is C25H29F3NO6P. The van der Waals surface area contributed by atoms with Gasteiger partial charge in [0.15, 0.2) is 0 Å². The second kappa shape index (κ2) is 11.7. The van der Waals surface area contributed by atoms with E-state index in [1.807, 2.05) is 36.4 Å². The smallest absolute Gasteiger partial charge is 0.469 e. The highest BCUT2D eigenvalue weighted by molar-refractivity contribution is 7.46. The molecule has 3 aromatic carbocycles. The van der Waals surface area contributed by atoms with Crippen LogP contribution in [0.25, 0.3) is 10.8 Å². The van der Waals surface area contributed by atoms with Gasteiger partial charge in [0.05, 0.1) is 30.9 Å². The summed E-state index contributed by atoms with van der Waals surface area (Å²) in [7, 11) is -4.81. The number of aryl methyl sites for hydroxylation is 2. The van der Waals surface area contributed by atoms with E-state index in [0.717, 1.165) is 22.4 Å². The molecule has 0 saturated carbocycles. The Hall–Kier alpha value is -2.46. The maximum atomic E-state index is 13.7. The first-order valence-electron chi connectivity index (χ1n) is 11.3. The number of aliphatic hydroxyl groups is 1. The molecule has 0 aromatic heterocycles. The summed E-state index contributed by atoms with van der Waals surface area (Å²) in [5, 5.41) is 11.7. The zero-order valence-electron chi connectivity index (χ0n) is 19.4. The number of phosphoric ester groups is 1. The van der Waals surface area contributed by atoms with Crippen molar-refractivity contribution in [2.75, 3.05) is 19.8 Å². The van der Waals surface area contributed by atoms with E-state index in [4.69, 9.17) is 20.3 Å². The molecule has 1 atom stereocenters. The predicted octanol–water partition coefficient (Wildman–Crippen LogP) is 4.60. The highest BCUT2D eigenvalue weighted by Crippen LogP contribution is 2.38. The predicted molar refractivity (Wildman–Crippen MR) is 130 cm³/mol. The Bertz CT molecular complexity index is 1220. The van der Waals surface area contributed by atoms with E-state index in [1.165, 1.54) is 12.1 Å². The Morgan fingerprint density at radius 3 is 2.25 bits per heavy atom. The Morgan fingerprint density at radius 2 is 1.58 bits per heavy atom. The third-order valence-electron chi connectivity index (χ3n) is 5.78. The maximum absolute atomic E-state index is 13.7. The van der Waals surface area contributed by atoms with E-state index in [2.05, 4.69) is 10.6 Å². The van der Waals surface area contributed by atoms with Gasteiger partial charge in [0.1, 0.15) is 5.75 Å². The van der Waals surface area contributed by atoms with Crippen molar-refractivity contribution in [2.24, 2.45) is 5.73 Å². The Balaban J connectivity index is 1.61. The minimum Gasteiger partial charge on any atom is -0.493 e. The zero-order valence-corrected chi connectivity index (χ0v) is 20.3. The van der Waals surface area contributed by atoms with Crippen molar-refractivity contribution >= 4 is 18.6 Å². The van der Waals surface area contributed by atoms with Gasteiger partial charge < -0.3 is 25.4 Å². The van der Waals surface area contributed by atoms with Gasteiger partial charge in [0.25, 0.3) is 0 Å². The monoisotopic (exact) mass is 527 g/mol. The number of alkyl halides is 3. The molecule has 196 valence electrons.